The number of piperidine rings is 1. The summed E-state index contributed by atoms with van der Waals surface area (Å²) in [6, 6.07) is 6.87. The third kappa shape index (κ3) is 3.88. The van der Waals surface area contributed by atoms with Gasteiger partial charge in [-0.1, -0.05) is 18.2 Å². The first kappa shape index (κ1) is 15.2. The van der Waals surface area contributed by atoms with Crippen LogP contribution in [0.5, 0.6) is 0 Å². The minimum Gasteiger partial charge on any atom is -0.352 e. The highest BCUT2D eigenvalue weighted by Crippen LogP contribution is 2.11. The van der Waals surface area contributed by atoms with Crippen LogP contribution in [0.4, 0.5) is 0 Å². The molecule has 1 saturated heterocycles. The van der Waals surface area contributed by atoms with E-state index in [1.165, 1.54) is 0 Å². The van der Waals surface area contributed by atoms with Gasteiger partial charge in [0, 0.05) is 25.1 Å². The number of hydrogen-bond acceptors (Lipinski definition) is 4. The van der Waals surface area contributed by atoms with Gasteiger partial charge in [0.05, 0.1) is 6.04 Å². The molecular formula is C15H19N3O3. The van der Waals surface area contributed by atoms with Gasteiger partial charge in [-0.15, -0.1) is 0 Å². The lowest BCUT2D eigenvalue weighted by Gasteiger charge is -2.22. The molecule has 0 spiro atoms. The largest absolute Gasteiger partial charge is 0.352 e. The molecule has 112 valence electrons. The fourth-order valence-electron chi connectivity index (χ4n) is 2.27. The summed E-state index contributed by atoms with van der Waals surface area (Å²) in [5.41, 5.74) is 1.42. The SMILES string of the molecule is CCNC(=O)c1ccccc1CNC1CCC(=O)NC1=O. The number of benzene rings is 1. The molecule has 1 aliphatic heterocycles. The summed E-state index contributed by atoms with van der Waals surface area (Å²) in [7, 11) is 0. The Balaban J connectivity index is 2.01. The number of carbonyl (C=O) groups excluding carboxylic acids is 3. The Kier molecular flexibility index (Phi) is 5.05. The van der Waals surface area contributed by atoms with E-state index in [9.17, 15) is 14.4 Å². The van der Waals surface area contributed by atoms with Crippen molar-refractivity contribution < 1.29 is 14.4 Å². The number of rotatable bonds is 5. The van der Waals surface area contributed by atoms with Crippen molar-refractivity contribution in [3.63, 3.8) is 0 Å². The maximum Gasteiger partial charge on any atom is 0.251 e. The van der Waals surface area contributed by atoms with Gasteiger partial charge in [0.25, 0.3) is 5.91 Å². The molecule has 1 aromatic carbocycles. The second-order valence-electron chi connectivity index (χ2n) is 4.90. The van der Waals surface area contributed by atoms with Crippen molar-refractivity contribution in [1.29, 1.82) is 0 Å². The highest BCUT2D eigenvalue weighted by molar-refractivity contribution is 6.00. The van der Waals surface area contributed by atoms with Crippen LogP contribution in [0.25, 0.3) is 0 Å². The molecule has 6 heteroatoms. The van der Waals surface area contributed by atoms with Gasteiger partial charge in [-0.05, 0) is 25.0 Å². The fourth-order valence-corrected chi connectivity index (χ4v) is 2.27. The molecule has 0 radical (unpaired) electrons. The molecule has 3 N–H and O–H groups in total. The van der Waals surface area contributed by atoms with Crippen LogP contribution in [0.1, 0.15) is 35.7 Å². The van der Waals surface area contributed by atoms with Gasteiger partial charge < -0.3 is 10.6 Å². The van der Waals surface area contributed by atoms with Crippen LogP contribution in [0.3, 0.4) is 0 Å². The molecule has 0 aliphatic carbocycles. The number of carbonyl (C=O) groups is 3. The van der Waals surface area contributed by atoms with Gasteiger partial charge in [-0.2, -0.15) is 0 Å². The molecule has 1 unspecified atom stereocenters. The maximum absolute atomic E-state index is 12.0. The zero-order valence-electron chi connectivity index (χ0n) is 11.9. The quantitative estimate of drug-likeness (QED) is 0.682. The predicted molar refractivity (Wildman–Crippen MR) is 77.5 cm³/mol. The molecule has 1 aliphatic rings. The highest BCUT2D eigenvalue weighted by Gasteiger charge is 2.26. The average molecular weight is 289 g/mol. The second kappa shape index (κ2) is 6.99. The van der Waals surface area contributed by atoms with Gasteiger partial charge in [0.1, 0.15) is 0 Å². The third-order valence-electron chi connectivity index (χ3n) is 3.38. The summed E-state index contributed by atoms with van der Waals surface area (Å²) in [6.45, 7) is 2.83. The van der Waals surface area contributed by atoms with E-state index in [4.69, 9.17) is 0 Å². The van der Waals surface area contributed by atoms with E-state index in [-0.39, 0.29) is 17.7 Å². The highest BCUT2D eigenvalue weighted by atomic mass is 16.2. The molecule has 0 aromatic heterocycles. The Hall–Kier alpha value is -2.21. The van der Waals surface area contributed by atoms with Gasteiger partial charge in [-0.3, -0.25) is 19.7 Å². The third-order valence-corrected chi connectivity index (χ3v) is 3.38. The van der Waals surface area contributed by atoms with E-state index >= 15 is 0 Å². The Bertz CT molecular complexity index is 557. The van der Waals surface area contributed by atoms with Crippen LogP contribution in [-0.4, -0.2) is 30.3 Å². The second-order valence-corrected chi connectivity index (χ2v) is 4.90. The smallest absolute Gasteiger partial charge is 0.251 e. The Morgan fingerprint density at radius 3 is 2.81 bits per heavy atom. The van der Waals surface area contributed by atoms with E-state index in [2.05, 4.69) is 16.0 Å². The van der Waals surface area contributed by atoms with Crippen LogP contribution in [0, 0.1) is 0 Å². The monoisotopic (exact) mass is 289 g/mol. The van der Waals surface area contributed by atoms with E-state index < -0.39 is 6.04 Å². The van der Waals surface area contributed by atoms with Crippen molar-refractivity contribution in [3.8, 4) is 0 Å². The summed E-state index contributed by atoms with van der Waals surface area (Å²) in [6.07, 6.45) is 0.815. The standard InChI is InChI=1S/C15H19N3O3/c1-2-16-14(20)11-6-4-3-5-10(11)9-17-12-7-8-13(19)18-15(12)21/h3-6,12,17H,2,7-9H2,1H3,(H,16,20)(H,18,19,21). The Morgan fingerprint density at radius 1 is 1.33 bits per heavy atom. The lowest BCUT2D eigenvalue weighted by Crippen LogP contribution is -2.50. The van der Waals surface area contributed by atoms with Crippen molar-refractivity contribution in [2.45, 2.75) is 32.4 Å². The maximum atomic E-state index is 12.0. The normalized spacial score (nSPS) is 18.2. The van der Waals surface area contributed by atoms with Crippen molar-refractivity contribution in [2.24, 2.45) is 0 Å². The first-order valence-corrected chi connectivity index (χ1v) is 7.05. The Labute approximate surface area is 123 Å². The lowest BCUT2D eigenvalue weighted by atomic mass is 10.0. The summed E-state index contributed by atoms with van der Waals surface area (Å²) in [5.74, 6) is -0.666. The average Bonchev–Trinajstić information content (AvgIpc) is 2.47. The van der Waals surface area contributed by atoms with Crippen LogP contribution in [-0.2, 0) is 16.1 Å². The minimum atomic E-state index is -0.398. The molecule has 0 bridgehead atoms. The van der Waals surface area contributed by atoms with Gasteiger partial charge in [0.2, 0.25) is 11.8 Å². The minimum absolute atomic E-state index is 0.127. The van der Waals surface area contributed by atoms with Crippen molar-refractivity contribution in [3.05, 3.63) is 35.4 Å². The molecular weight excluding hydrogens is 270 g/mol. The van der Waals surface area contributed by atoms with Crippen molar-refractivity contribution in [1.82, 2.24) is 16.0 Å². The van der Waals surface area contributed by atoms with Crippen LogP contribution in [0.15, 0.2) is 24.3 Å². The van der Waals surface area contributed by atoms with Gasteiger partial charge in [0.15, 0.2) is 0 Å². The number of imide groups is 1. The van der Waals surface area contributed by atoms with Crippen LogP contribution in [0.2, 0.25) is 0 Å². The summed E-state index contributed by atoms with van der Waals surface area (Å²) in [4.78, 5) is 34.7. The molecule has 1 fully saturated rings. The molecule has 21 heavy (non-hydrogen) atoms. The van der Waals surface area contributed by atoms with E-state index in [1.54, 1.807) is 12.1 Å². The van der Waals surface area contributed by atoms with Crippen LogP contribution >= 0.6 is 0 Å². The summed E-state index contributed by atoms with van der Waals surface area (Å²) >= 11 is 0. The van der Waals surface area contributed by atoms with E-state index in [0.717, 1.165) is 5.56 Å². The van der Waals surface area contributed by atoms with Crippen molar-refractivity contribution >= 4 is 17.7 Å². The lowest BCUT2D eigenvalue weighted by molar-refractivity contribution is -0.134. The molecule has 3 amide bonds. The van der Waals surface area contributed by atoms with Crippen molar-refractivity contribution in [2.75, 3.05) is 6.54 Å². The summed E-state index contributed by atoms with van der Waals surface area (Å²) in [5, 5.41) is 8.17. The van der Waals surface area contributed by atoms with Gasteiger partial charge in [-0.25, -0.2) is 0 Å². The molecule has 2 rings (SSSR count). The fraction of sp³-hybridized carbons (Fsp3) is 0.400. The molecule has 1 aromatic rings. The molecule has 1 heterocycles. The number of hydrogen-bond donors (Lipinski definition) is 3. The van der Waals surface area contributed by atoms with E-state index in [1.807, 2.05) is 19.1 Å². The zero-order valence-corrected chi connectivity index (χ0v) is 11.9. The first-order chi connectivity index (χ1) is 10.1. The van der Waals surface area contributed by atoms with Gasteiger partial charge >= 0.3 is 0 Å². The predicted octanol–water partition coefficient (Wildman–Crippen LogP) is 0.331. The summed E-state index contributed by atoms with van der Waals surface area (Å²) < 4.78 is 0. The topological polar surface area (TPSA) is 87.3 Å². The molecule has 6 nitrogen and oxygen atoms in total. The molecule has 0 saturated carbocycles. The Morgan fingerprint density at radius 2 is 2.10 bits per heavy atom. The van der Waals surface area contributed by atoms with E-state index in [0.29, 0.717) is 31.5 Å². The van der Waals surface area contributed by atoms with Crippen LogP contribution < -0.4 is 16.0 Å². The number of nitrogens with one attached hydrogen (secondary N) is 3. The first-order valence-electron chi connectivity index (χ1n) is 7.05. The molecule has 1 atom stereocenters. The number of amides is 3. The zero-order chi connectivity index (χ0) is 15.2.